The molecule has 1 heterocycles. The molecule has 1 unspecified atom stereocenters. The van der Waals surface area contributed by atoms with Gasteiger partial charge in [0.25, 0.3) is 0 Å². The molecule has 0 saturated heterocycles. The molecule has 5 nitrogen and oxygen atoms in total. The van der Waals surface area contributed by atoms with Gasteiger partial charge in [-0.1, -0.05) is 29.8 Å². The number of ether oxygens (including phenoxy) is 1. The smallest absolute Gasteiger partial charge is 0.232 e. The molecule has 3 rings (SSSR count). The van der Waals surface area contributed by atoms with Crippen LogP contribution in [0.5, 0.6) is 5.75 Å². The highest BCUT2D eigenvalue weighted by molar-refractivity contribution is 6.32. The molecular weight excluding hydrogens is 328 g/mol. The molecule has 2 aromatic rings. The third kappa shape index (κ3) is 2.95. The minimum Gasteiger partial charge on any atom is -0.495 e. The van der Waals surface area contributed by atoms with Crippen molar-refractivity contribution in [1.29, 1.82) is 0 Å². The monoisotopic (exact) mass is 344 g/mol. The van der Waals surface area contributed by atoms with Crippen LogP contribution in [-0.2, 0) is 9.59 Å². The Labute approximate surface area is 145 Å². The summed E-state index contributed by atoms with van der Waals surface area (Å²) in [5, 5.41) is 3.24. The molecule has 0 aromatic heterocycles. The molecule has 0 radical (unpaired) electrons. The number of methoxy groups -OCH3 is 1. The van der Waals surface area contributed by atoms with E-state index in [-0.39, 0.29) is 18.2 Å². The summed E-state index contributed by atoms with van der Waals surface area (Å²) < 4.78 is 5.10. The van der Waals surface area contributed by atoms with Gasteiger partial charge in [0.1, 0.15) is 5.75 Å². The number of carbonyl (C=O) groups is 2. The van der Waals surface area contributed by atoms with E-state index < -0.39 is 5.92 Å². The van der Waals surface area contributed by atoms with E-state index in [2.05, 4.69) is 5.32 Å². The summed E-state index contributed by atoms with van der Waals surface area (Å²) in [4.78, 5) is 26.4. The van der Waals surface area contributed by atoms with Crippen LogP contribution in [0.15, 0.2) is 42.5 Å². The van der Waals surface area contributed by atoms with Gasteiger partial charge in [-0.2, -0.15) is 0 Å². The lowest BCUT2D eigenvalue weighted by atomic mass is 9.89. The molecule has 1 aliphatic heterocycles. The van der Waals surface area contributed by atoms with Gasteiger partial charge in [0.2, 0.25) is 11.8 Å². The van der Waals surface area contributed by atoms with E-state index in [1.807, 2.05) is 24.3 Å². The van der Waals surface area contributed by atoms with E-state index in [1.54, 1.807) is 30.1 Å². The minimum atomic E-state index is -0.522. The lowest BCUT2D eigenvalue weighted by Crippen LogP contribution is -2.37. The molecule has 2 amide bonds. The Morgan fingerprint density at radius 2 is 2.04 bits per heavy atom. The van der Waals surface area contributed by atoms with Crippen LogP contribution in [-0.4, -0.2) is 26.0 Å². The number of nitrogens with one attached hydrogen (secondary N) is 1. The molecule has 1 aliphatic rings. The standard InChI is InChI=1S/C18H17ClN2O3/c1-21-15-6-4-3-5-12(15)13(10-17(21)22)18(23)20-11-7-8-16(24-2)14(19)9-11/h3-9,13H,10H2,1-2H3,(H,20,23). The number of nitrogens with zero attached hydrogens (tertiary/aromatic N) is 1. The summed E-state index contributed by atoms with van der Waals surface area (Å²) in [6.07, 6.45) is 0.142. The van der Waals surface area contributed by atoms with Gasteiger partial charge in [-0.3, -0.25) is 9.59 Å². The van der Waals surface area contributed by atoms with E-state index in [0.717, 1.165) is 11.3 Å². The number of para-hydroxylation sites is 1. The minimum absolute atomic E-state index is 0.0818. The van der Waals surface area contributed by atoms with E-state index in [4.69, 9.17) is 16.3 Å². The third-order valence-electron chi connectivity index (χ3n) is 4.16. The Balaban J connectivity index is 1.86. The molecular formula is C18H17ClN2O3. The van der Waals surface area contributed by atoms with Crippen LogP contribution < -0.4 is 15.0 Å². The highest BCUT2D eigenvalue weighted by Gasteiger charge is 2.33. The largest absolute Gasteiger partial charge is 0.495 e. The average Bonchev–Trinajstić information content (AvgIpc) is 2.58. The number of anilines is 2. The predicted molar refractivity (Wildman–Crippen MR) is 93.8 cm³/mol. The Bertz CT molecular complexity index is 807. The number of benzene rings is 2. The number of amides is 2. The van der Waals surface area contributed by atoms with Gasteiger partial charge in [0, 0.05) is 24.8 Å². The second kappa shape index (κ2) is 6.53. The van der Waals surface area contributed by atoms with Crippen molar-refractivity contribution in [2.75, 3.05) is 24.4 Å². The number of fused-ring (bicyclic) bond motifs is 1. The van der Waals surface area contributed by atoms with Gasteiger partial charge in [-0.25, -0.2) is 0 Å². The number of hydrogen-bond donors (Lipinski definition) is 1. The second-order valence-corrected chi connectivity index (χ2v) is 6.01. The van der Waals surface area contributed by atoms with Crippen LogP contribution in [0.3, 0.4) is 0 Å². The second-order valence-electron chi connectivity index (χ2n) is 5.61. The average molecular weight is 345 g/mol. The highest BCUT2D eigenvalue weighted by Crippen LogP contribution is 2.36. The van der Waals surface area contributed by atoms with Gasteiger partial charge < -0.3 is 15.0 Å². The van der Waals surface area contributed by atoms with Crippen molar-refractivity contribution in [2.24, 2.45) is 0 Å². The van der Waals surface area contributed by atoms with Crippen molar-refractivity contribution in [2.45, 2.75) is 12.3 Å². The fraction of sp³-hybridized carbons (Fsp3) is 0.222. The first-order chi connectivity index (χ1) is 11.5. The number of hydrogen-bond acceptors (Lipinski definition) is 3. The number of rotatable bonds is 3. The van der Waals surface area contributed by atoms with Crippen molar-refractivity contribution < 1.29 is 14.3 Å². The van der Waals surface area contributed by atoms with Gasteiger partial charge >= 0.3 is 0 Å². The summed E-state index contributed by atoms with van der Waals surface area (Å²) in [7, 11) is 3.25. The zero-order valence-electron chi connectivity index (χ0n) is 13.4. The molecule has 2 aromatic carbocycles. The van der Waals surface area contributed by atoms with Crippen LogP contribution in [0, 0.1) is 0 Å². The van der Waals surface area contributed by atoms with Crippen LogP contribution >= 0.6 is 11.6 Å². The lowest BCUT2D eigenvalue weighted by molar-refractivity contribution is -0.124. The maximum absolute atomic E-state index is 12.7. The van der Waals surface area contributed by atoms with Crippen molar-refractivity contribution >= 4 is 34.8 Å². The fourth-order valence-corrected chi connectivity index (χ4v) is 3.11. The Morgan fingerprint density at radius 3 is 2.75 bits per heavy atom. The van der Waals surface area contributed by atoms with Crippen molar-refractivity contribution in [3.8, 4) is 5.75 Å². The van der Waals surface area contributed by atoms with E-state index in [9.17, 15) is 9.59 Å². The first-order valence-electron chi connectivity index (χ1n) is 7.51. The SMILES string of the molecule is COc1ccc(NC(=O)C2CC(=O)N(C)c3ccccc32)cc1Cl. The van der Waals surface area contributed by atoms with Crippen LogP contribution in [0.25, 0.3) is 0 Å². The third-order valence-corrected chi connectivity index (χ3v) is 4.46. The molecule has 0 bridgehead atoms. The molecule has 0 saturated carbocycles. The summed E-state index contributed by atoms with van der Waals surface area (Å²) >= 11 is 6.09. The van der Waals surface area contributed by atoms with E-state index in [1.165, 1.54) is 7.11 Å². The maximum Gasteiger partial charge on any atom is 0.232 e. The summed E-state index contributed by atoms with van der Waals surface area (Å²) in [5.74, 6) is -0.299. The molecule has 1 atom stereocenters. The quantitative estimate of drug-likeness (QED) is 0.928. The molecule has 1 N–H and O–H groups in total. The lowest BCUT2D eigenvalue weighted by Gasteiger charge is -2.30. The normalized spacial score (nSPS) is 16.5. The first kappa shape index (κ1) is 16.3. The maximum atomic E-state index is 12.7. The van der Waals surface area contributed by atoms with Gasteiger partial charge in [0.05, 0.1) is 18.1 Å². The van der Waals surface area contributed by atoms with Crippen LogP contribution in [0.2, 0.25) is 5.02 Å². The molecule has 0 spiro atoms. The van der Waals surface area contributed by atoms with Crippen molar-refractivity contribution in [3.05, 3.63) is 53.1 Å². The molecule has 0 fully saturated rings. The van der Waals surface area contributed by atoms with E-state index in [0.29, 0.717) is 16.5 Å². The summed E-state index contributed by atoms with van der Waals surface area (Å²) in [6, 6.07) is 12.5. The predicted octanol–water partition coefficient (Wildman–Crippen LogP) is 3.44. The Kier molecular flexibility index (Phi) is 4.44. The molecule has 6 heteroatoms. The Hall–Kier alpha value is -2.53. The van der Waals surface area contributed by atoms with Crippen molar-refractivity contribution in [3.63, 3.8) is 0 Å². The van der Waals surface area contributed by atoms with Crippen molar-refractivity contribution in [1.82, 2.24) is 0 Å². The number of halogens is 1. The van der Waals surface area contributed by atoms with Crippen LogP contribution in [0.1, 0.15) is 17.9 Å². The van der Waals surface area contributed by atoms with Crippen LogP contribution in [0.4, 0.5) is 11.4 Å². The zero-order valence-corrected chi connectivity index (χ0v) is 14.1. The summed E-state index contributed by atoms with van der Waals surface area (Å²) in [6.45, 7) is 0. The van der Waals surface area contributed by atoms with Gasteiger partial charge in [0.15, 0.2) is 0 Å². The highest BCUT2D eigenvalue weighted by atomic mass is 35.5. The van der Waals surface area contributed by atoms with E-state index >= 15 is 0 Å². The Morgan fingerprint density at radius 1 is 1.29 bits per heavy atom. The number of carbonyl (C=O) groups excluding carboxylic acids is 2. The zero-order chi connectivity index (χ0) is 17.3. The fourth-order valence-electron chi connectivity index (χ4n) is 2.85. The summed E-state index contributed by atoms with van der Waals surface area (Å²) in [5.41, 5.74) is 2.17. The molecule has 124 valence electrons. The van der Waals surface area contributed by atoms with Gasteiger partial charge in [-0.05, 0) is 29.8 Å². The molecule has 0 aliphatic carbocycles. The van der Waals surface area contributed by atoms with Gasteiger partial charge in [-0.15, -0.1) is 0 Å². The molecule has 24 heavy (non-hydrogen) atoms. The first-order valence-corrected chi connectivity index (χ1v) is 7.89. The topological polar surface area (TPSA) is 58.6 Å².